The van der Waals surface area contributed by atoms with Crippen molar-refractivity contribution in [1.29, 1.82) is 0 Å². The highest BCUT2D eigenvalue weighted by Crippen LogP contribution is 2.62. The average molecular weight is 681 g/mol. The largest absolute Gasteiger partial charge is 0.481 e. The van der Waals surface area contributed by atoms with E-state index in [4.69, 9.17) is 24.8 Å². The van der Waals surface area contributed by atoms with E-state index in [1.54, 1.807) is 0 Å². The lowest BCUT2D eigenvalue weighted by Crippen LogP contribution is -2.61. The second kappa shape index (κ2) is 12.2. The molecule has 0 radical (unpaired) electrons. The number of rotatable bonds is 11. The molecule has 0 saturated carbocycles. The zero-order valence-corrected chi connectivity index (χ0v) is 24.0. The van der Waals surface area contributed by atoms with Gasteiger partial charge in [0.15, 0.2) is 30.1 Å². The Balaban J connectivity index is 1.48. The molecular weight excluding hydrogens is 654 g/mol. The molecule has 10 N–H and O–H groups in total. The van der Waals surface area contributed by atoms with Crippen LogP contribution < -0.4 is 5.73 Å². The average Bonchev–Trinajstić information content (AvgIpc) is 3.46. The molecule has 2 saturated heterocycles. The second-order valence-electron chi connectivity index (χ2n) is 9.36. The molecule has 0 aromatic carbocycles. The van der Waals surface area contributed by atoms with Gasteiger partial charge < -0.3 is 60.2 Å². The van der Waals surface area contributed by atoms with Crippen molar-refractivity contribution in [3.05, 3.63) is 25.3 Å². The van der Waals surface area contributed by atoms with E-state index < -0.39 is 88.4 Å². The SMILES string of the molecule is C=C[C@]1(F)[C@H](n2cnc3c(N)ncnc32)O[C@](F)(COP(O)(=S)OP(=O)(O)OC2OC([C@@H](O)CO)C(O)C(O)C2O)[C@H]1O. The summed E-state index contributed by atoms with van der Waals surface area (Å²) >= 11 is 4.59. The minimum Gasteiger partial charge on any atom is -0.394 e. The van der Waals surface area contributed by atoms with Crippen LogP contribution in [0.4, 0.5) is 14.6 Å². The van der Waals surface area contributed by atoms with E-state index in [1.165, 1.54) is 0 Å². The summed E-state index contributed by atoms with van der Waals surface area (Å²) in [6, 6.07) is 0. The molecule has 2 fully saturated rings. The maximum atomic E-state index is 15.9. The van der Waals surface area contributed by atoms with Gasteiger partial charge in [-0.2, -0.15) is 0 Å². The summed E-state index contributed by atoms with van der Waals surface area (Å²) in [4.78, 5) is 31.9. The van der Waals surface area contributed by atoms with E-state index in [9.17, 15) is 39.9 Å². The van der Waals surface area contributed by atoms with E-state index in [2.05, 4.69) is 42.2 Å². The first-order valence-electron chi connectivity index (χ1n) is 11.9. The van der Waals surface area contributed by atoms with Gasteiger partial charge in [0, 0.05) is 0 Å². The monoisotopic (exact) mass is 681 g/mol. The third-order valence-corrected chi connectivity index (χ3v) is 10.0. The van der Waals surface area contributed by atoms with Crippen LogP contribution in [0.1, 0.15) is 6.23 Å². The molecule has 2 aliphatic heterocycles. The topological polar surface area (TPSA) is 295 Å². The number of halogens is 2. The molecule has 2 aromatic rings. The van der Waals surface area contributed by atoms with Crippen molar-refractivity contribution in [2.45, 2.75) is 60.7 Å². The lowest BCUT2D eigenvalue weighted by Gasteiger charge is -2.41. The summed E-state index contributed by atoms with van der Waals surface area (Å²) < 4.78 is 68.9. The highest BCUT2D eigenvalue weighted by Gasteiger charge is 2.66. The number of aliphatic hydroxyl groups is 6. The number of hydrogen-bond donors (Lipinski definition) is 9. The van der Waals surface area contributed by atoms with Crippen LogP contribution >= 0.6 is 14.5 Å². The minimum absolute atomic E-state index is 0.0103. The first kappa shape index (κ1) is 34.2. The van der Waals surface area contributed by atoms with Crippen LogP contribution in [0.3, 0.4) is 0 Å². The van der Waals surface area contributed by atoms with E-state index in [1.807, 2.05) is 0 Å². The summed E-state index contributed by atoms with van der Waals surface area (Å²) in [5, 5.41) is 59.3. The molecule has 24 heteroatoms. The molecule has 0 amide bonds. The van der Waals surface area contributed by atoms with E-state index >= 15 is 8.78 Å². The Labute approximate surface area is 244 Å². The normalized spacial score (nSPS) is 38.4. The van der Waals surface area contributed by atoms with Crippen LogP contribution in [0.5, 0.6) is 0 Å². The number of hydrogen-bond acceptors (Lipinski definition) is 17. The molecule has 0 bridgehead atoms. The first-order valence-corrected chi connectivity index (χ1v) is 16.0. The Kier molecular flexibility index (Phi) is 9.74. The summed E-state index contributed by atoms with van der Waals surface area (Å²) in [7, 11) is -5.65. The molecule has 12 atom stereocenters. The van der Waals surface area contributed by atoms with Crippen molar-refractivity contribution in [2.24, 2.45) is 0 Å². The third kappa shape index (κ3) is 6.51. The molecule has 2 aromatic heterocycles. The van der Waals surface area contributed by atoms with Crippen LogP contribution in [0.15, 0.2) is 25.3 Å². The Morgan fingerprint density at radius 1 is 1.21 bits per heavy atom. The highest BCUT2D eigenvalue weighted by atomic mass is 32.5. The summed E-state index contributed by atoms with van der Waals surface area (Å²) in [6.45, 7) is -4.39. The Morgan fingerprint density at radius 2 is 1.88 bits per heavy atom. The number of anilines is 1. The molecule has 7 unspecified atom stereocenters. The number of nitrogens with zero attached hydrogens (tertiary/aromatic N) is 4. The third-order valence-electron chi connectivity index (χ3n) is 6.51. The molecule has 43 heavy (non-hydrogen) atoms. The minimum atomic E-state index is -5.65. The lowest BCUT2D eigenvalue weighted by molar-refractivity contribution is -0.292. The highest BCUT2D eigenvalue weighted by molar-refractivity contribution is 8.08. The predicted octanol–water partition coefficient (Wildman–Crippen LogP) is -2.61. The van der Waals surface area contributed by atoms with Gasteiger partial charge in [-0.15, -0.1) is 0 Å². The number of ether oxygens (including phenoxy) is 2. The van der Waals surface area contributed by atoms with Gasteiger partial charge in [-0.3, -0.25) is 9.09 Å². The Hall–Kier alpha value is -1.69. The van der Waals surface area contributed by atoms with Crippen LogP contribution in [0, 0.1) is 0 Å². The van der Waals surface area contributed by atoms with Gasteiger partial charge in [-0.25, -0.2) is 32.6 Å². The van der Waals surface area contributed by atoms with Crippen molar-refractivity contribution in [2.75, 3.05) is 18.9 Å². The molecule has 2 aliphatic rings. The maximum absolute atomic E-state index is 15.9. The van der Waals surface area contributed by atoms with Gasteiger partial charge in [0.1, 0.15) is 49.0 Å². The van der Waals surface area contributed by atoms with E-state index in [0.717, 1.165) is 17.2 Å². The number of alkyl halides is 2. The van der Waals surface area contributed by atoms with E-state index in [-0.39, 0.29) is 17.0 Å². The first-order chi connectivity index (χ1) is 19.9. The van der Waals surface area contributed by atoms with Crippen molar-refractivity contribution < 1.29 is 76.6 Å². The molecule has 19 nitrogen and oxygen atoms in total. The number of phosphoric acid groups is 1. The maximum Gasteiger partial charge on any atom is 0.481 e. The van der Waals surface area contributed by atoms with Crippen molar-refractivity contribution in [1.82, 2.24) is 19.5 Å². The van der Waals surface area contributed by atoms with Crippen LogP contribution in [0.25, 0.3) is 11.2 Å². The summed E-state index contributed by atoms with van der Waals surface area (Å²) in [6.07, 6.45) is -14.6. The zero-order valence-electron chi connectivity index (χ0n) is 21.4. The van der Waals surface area contributed by atoms with Gasteiger partial charge in [-0.05, 0) is 17.9 Å². The summed E-state index contributed by atoms with van der Waals surface area (Å²) in [5.74, 6) is -3.62. The van der Waals surface area contributed by atoms with Gasteiger partial charge >= 0.3 is 14.5 Å². The van der Waals surface area contributed by atoms with Crippen LogP contribution in [0.2, 0.25) is 0 Å². The fourth-order valence-corrected chi connectivity index (χ4v) is 7.38. The van der Waals surface area contributed by atoms with Gasteiger partial charge in [0.2, 0.25) is 5.67 Å². The zero-order chi connectivity index (χ0) is 32.1. The summed E-state index contributed by atoms with van der Waals surface area (Å²) in [5.41, 5.74) is 2.49. The second-order valence-corrected chi connectivity index (χ2v) is 13.7. The smallest absolute Gasteiger partial charge is 0.394 e. The van der Waals surface area contributed by atoms with Gasteiger partial charge in [-0.1, -0.05) is 6.58 Å². The van der Waals surface area contributed by atoms with Crippen molar-refractivity contribution in [3.63, 3.8) is 0 Å². The number of aliphatic hydroxyl groups excluding tert-OH is 6. The molecule has 0 spiro atoms. The van der Waals surface area contributed by atoms with Crippen molar-refractivity contribution >= 4 is 43.3 Å². The number of nitrogen functional groups attached to an aromatic ring is 1. The van der Waals surface area contributed by atoms with Crippen LogP contribution in [-0.4, -0.2) is 128 Å². The quantitative estimate of drug-likeness (QED) is 0.0867. The Morgan fingerprint density at radius 3 is 2.51 bits per heavy atom. The molecule has 0 aliphatic carbocycles. The van der Waals surface area contributed by atoms with Crippen LogP contribution in [-0.2, 0) is 39.2 Å². The number of phosphoric ester groups is 1. The Bertz CT molecular complexity index is 1450. The van der Waals surface area contributed by atoms with E-state index in [0.29, 0.717) is 6.08 Å². The molecular formula is C19H27F2N5O14P2S. The van der Waals surface area contributed by atoms with Gasteiger partial charge in [0.05, 0.1) is 12.9 Å². The number of fused-ring (bicyclic) bond motifs is 1. The number of imidazole rings is 1. The molecule has 242 valence electrons. The van der Waals surface area contributed by atoms with Crippen molar-refractivity contribution in [3.8, 4) is 0 Å². The fourth-order valence-electron chi connectivity index (χ4n) is 4.30. The molecule has 4 rings (SSSR count). The number of nitrogens with two attached hydrogens (primary N) is 1. The lowest BCUT2D eigenvalue weighted by atomic mass is 9.95. The predicted molar refractivity (Wildman–Crippen MR) is 138 cm³/mol. The van der Waals surface area contributed by atoms with Gasteiger partial charge in [0.25, 0.3) is 5.85 Å². The number of aromatic nitrogens is 4. The fraction of sp³-hybridized carbons (Fsp3) is 0.632. The standard InChI is InChI=1S/C19H27F2N5O14P2S/c1-2-18(20)16(32)19(21,38-17(18)26-6-25-8-13(22)23-5-24-14(8)26)4-36-42(35,43)40-41(33,34)39-15-11(31)9(29)10(30)12(37-15)7(28)3-27/h2,5-7,9-12,15-17,27-32H,1,3-4H2,(H,33,34)(H,35,43)(H2,22,23,24)/t7-,9?,10?,11?,12?,15?,16-,17+,18+,19+,42?/m0/s1. The molecule has 4 heterocycles.